The molecule has 0 spiro atoms. The third-order valence-electron chi connectivity index (χ3n) is 3.43. The standard InChI is InChI=1S/C18H26N4OS.HI/c1-5-19-18(21-12-17-22-14(3)15(4)23-17)20-11-13(2)24-16-9-7-6-8-10-16;/h6-10,13H,5,11-12H2,1-4H3,(H2,19,20,21);1H. The first-order valence-electron chi connectivity index (χ1n) is 8.25. The van der Waals surface area contributed by atoms with E-state index in [1.165, 1.54) is 4.90 Å². The average molecular weight is 474 g/mol. The number of oxazole rings is 1. The zero-order chi connectivity index (χ0) is 17.4. The minimum absolute atomic E-state index is 0. The van der Waals surface area contributed by atoms with Crippen LogP contribution in [0.15, 0.2) is 44.6 Å². The molecular formula is C18H27IN4OS. The molecule has 7 heteroatoms. The van der Waals surface area contributed by atoms with Crippen molar-refractivity contribution < 1.29 is 4.42 Å². The summed E-state index contributed by atoms with van der Waals surface area (Å²) in [5.41, 5.74) is 0.922. The summed E-state index contributed by atoms with van der Waals surface area (Å²) in [5, 5.41) is 7.07. The van der Waals surface area contributed by atoms with E-state index >= 15 is 0 Å². The van der Waals surface area contributed by atoms with E-state index in [1.807, 2.05) is 31.7 Å². The number of hydrogen-bond donors (Lipinski definition) is 2. The van der Waals surface area contributed by atoms with Crippen LogP contribution in [0.3, 0.4) is 0 Å². The predicted molar refractivity (Wildman–Crippen MR) is 116 cm³/mol. The van der Waals surface area contributed by atoms with Crippen molar-refractivity contribution in [3.8, 4) is 0 Å². The van der Waals surface area contributed by atoms with Crippen LogP contribution in [-0.4, -0.2) is 29.3 Å². The molecule has 1 aromatic heterocycles. The highest BCUT2D eigenvalue weighted by Gasteiger charge is 2.08. The molecule has 1 unspecified atom stereocenters. The minimum Gasteiger partial charge on any atom is -0.444 e. The summed E-state index contributed by atoms with van der Waals surface area (Å²) < 4.78 is 5.57. The van der Waals surface area contributed by atoms with Gasteiger partial charge in [0.1, 0.15) is 12.3 Å². The Labute approximate surface area is 171 Å². The fourth-order valence-electron chi connectivity index (χ4n) is 2.11. The molecule has 0 aliphatic rings. The van der Waals surface area contributed by atoms with E-state index in [1.54, 1.807) is 0 Å². The Kier molecular flexibility index (Phi) is 9.96. The van der Waals surface area contributed by atoms with Crippen molar-refractivity contribution in [2.45, 2.75) is 44.4 Å². The molecule has 0 fully saturated rings. The maximum atomic E-state index is 5.57. The summed E-state index contributed by atoms with van der Waals surface area (Å²) in [4.78, 5) is 10.2. The summed E-state index contributed by atoms with van der Waals surface area (Å²) >= 11 is 1.85. The fraction of sp³-hybridized carbons (Fsp3) is 0.444. The number of hydrogen-bond acceptors (Lipinski definition) is 4. The topological polar surface area (TPSA) is 62.5 Å². The number of aromatic nitrogens is 1. The third kappa shape index (κ3) is 7.68. The quantitative estimate of drug-likeness (QED) is 0.273. The lowest BCUT2D eigenvalue weighted by Crippen LogP contribution is -2.40. The molecule has 2 aromatic rings. The lowest BCUT2D eigenvalue weighted by molar-refractivity contribution is 0.473. The van der Waals surface area contributed by atoms with E-state index in [0.717, 1.165) is 30.5 Å². The lowest BCUT2D eigenvalue weighted by atomic mass is 10.4. The first-order valence-corrected chi connectivity index (χ1v) is 9.13. The summed E-state index contributed by atoms with van der Waals surface area (Å²) in [7, 11) is 0. The van der Waals surface area contributed by atoms with Crippen molar-refractivity contribution in [1.29, 1.82) is 0 Å². The molecule has 2 N–H and O–H groups in total. The summed E-state index contributed by atoms with van der Waals surface area (Å²) in [6, 6.07) is 10.4. The number of aryl methyl sites for hydroxylation is 2. The summed E-state index contributed by atoms with van der Waals surface area (Å²) in [6.45, 7) is 10.2. The number of guanidine groups is 1. The van der Waals surface area contributed by atoms with Crippen LogP contribution in [-0.2, 0) is 6.54 Å². The number of aliphatic imine (C=N–C) groups is 1. The van der Waals surface area contributed by atoms with E-state index in [4.69, 9.17) is 4.42 Å². The van der Waals surface area contributed by atoms with Crippen LogP contribution in [0, 0.1) is 13.8 Å². The zero-order valence-electron chi connectivity index (χ0n) is 15.2. The van der Waals surface area contributed by atoms with E-state index in [0.29, 0.717) is 17.7 Å². The van der Waals surface area contributed by atoms with Crippen molar-refractivity contribution in [3.05, 3.63) is 47.7 Å². The molecule has 138 valence electrons. The van der Waals surface area contributed by atoms with E-state index in [-0.39, 0.29) is 24.0 Å². The molecule has 5 nitrogen and oxygen atoms in total. The van der Waals surface area contributed by atoms with Gasteiger partial charge in [-0.3, -0.25) is 0 Å². The van der Waals surface area contributed by atoms with Gasteiger partial charge < -0.3 is 15.1 Å². The van der Waals surface area contributed by atoms with E-state index in [2.05, 4.69) is 58.7 Å². The van der Waals surface area contributed by atoms with Gasteiger partial charge in [0, 0.05) is 23.2 Å². The van der Waals surface area contributed by atoms with Gasteiger partial charge in [0.2, 0.25) is 5.89 Å². The van der Waals surface area contributed by atoms with Gasteiger partial charge in [-0.1, -0.05) is 25.1 Å². The number of nitrogens with zero attached hydrogens (tertiary/aromatic N) is 2. The Balaban J connectivity index is 0.00000312. The molecule has 0 radical (unpaired) electrons. The number of nitrogens with one attached hydrogen (secondary N) is 2. The number of thioether (sulfide) groups is 1. The Morgan fingerprint density at radius 2 is 1.96 bits per heavy atom. The second-order valence-corrected chi connectivity index (χ2v) is 7.08. The molecule has 1 aromatic carbocycles. The highest BCUT2D eigenvalue weighted by Crippen LogP contribution is 2.21. The minimum atomic E-state index is 0. The van der Waals surface area contributed by atoms with Crippen LogP contribution in [0.5, 0.6) is 0 Å². The fourth-order valence-corrected chi connectivity index (χ4v) is 3.05. The summed E-state index contributed by atoms with van der Waals surface area (Å²) in [6.07, 6.45) is 0. The second kappa shape index (κ2) is 11.4. The second-order valence-electron chi connectivity index (χ2n) is 5.57. The smallest absolute Gasteiger partial charge is 0.216 e. The summed E-state index contributed by atoms with van der Waals surface area (Å²) in [5.74, 6) is 2.28. The van der Waals surface area contributed by atoms with Gasteiger partial charge in [-0.15, -0.1) is 35.7 Å². The molecule has 0 aliphatic carbocycles. The number of halogens is 1. The van der Waals surface area contributed by atoms with Gasteiger partial charge in [-0.05, 0) is 32.9 Å². The molecule has 0 bridgehead atoms. The van der Waals surface area contributed by atoms with Gasteiger partial charge in [0.25, 0.3) is 0 Å². The van der Waals surface area contributed by atoms with Gasteiger partial charge >= 0.3 is 0 Å². The van der Waals surface area contributed by atoms with Crippen LogP contribution in [0.25, 0.3) is 0 Å². The van der Waals surface area contributed by atoms with Crippen molar-refractivity contribution in [3.63, 3.8) is 0 Å². The largest absolute Gasteiger partial charge is 0.444 e. The molecule has 0 saturated carbocycles. The number of benzene rings is 1. The molecule has 25 heavy (non-hydrogen) atoms. The maximum Gasteiger partial charge on any atom is 0.216 e. The average Bonchev–Trinajstić information content (AvgIpc) is 2.89. The molecule has 2 rings (SSSR count). The molecule has 0 saturated heterocycles. The highest BCUT2D eigenvalue weighted by atomic mass is 127. The first-order chi connectivity index (χ1) is 11.6. The lowest BCUT2D eigenvalue weighted by Gasteiger charge is -2.15. The van der Waals surface area contributed by atoms with Crippen LogP contribution in [0.1, 0.15) is 31.2 Å². The Morgan fingerprint density at radius 1 is 1.24 bits per heavy atom. The van der Waals surface area contributed by atoms with Crippen molar-refractivity contribution >= 4 is 41.7 Å². The van der Waals surface area contributed by atoms with Crippen molar-refractivity contribution in [1.82, 2.24) is 15.6 Å². The van der Waals surface area contributed by atoms with E-state index in [9.17, 15) is 0 Å². The molecule has 1 atom stereocenters. The van der Waals surface area contributed by atoms with Crippen LogP contribution in [0.4, 0.5) is 0 Å². The van der Waals surface area contributed by atoms with Crippen LogP contribution >= 0.6 is 35.7 Å². The van der Waals surface area contributed by atoms with Gasteiger partial charge in [0.15, 0.2) is 5.96 Å². The molecule has 1 heterocycles. The van der Waals surface area contributed by atoms with Gasteiger partial charge in [-0.2, -0.15) is 0 Å². The highest BCUT2D eigenvalue weighted by molar-refractivity contribution is 14.0. The predicted octanol–water partition coefficient (Wildman–Crippen LogP) is 4.15. The Morgan fingerprint density at radius 3 is 2.56 bits per heavy atom. The molecule has 0 amide bonds. The van der Waals surface area contributed by atoms with Crippen LogP contribution < -0.4 is 10.6 Å². The van der Waals surface area contributed by atoms with Gasteiger partial charge in [-0.25, -0.2) is 9.98 Å². The molecular weight excluding hydrogens is 447 g/mol. The monoisotopic (exact) mass is 474 g/mol. The zero-order valence-corrected chi connectivity index (χ0v) is 18.4. The maximum absolute atomic E-state index is 5.57. The number of rotatable bonds is 7. The Bertz CT molecular complexity index is 641. The van der Waals surface area contributed by atoms with Crippen LogP contribution in [0.2, 0.25) is 0 Å². The van der Waals surface area contributed by atoms with Gasteiger partial charge in [0.05, 0.1) is 5.69 Å². The van der Waals surface area contributed by atoms with Crippen molar-refractivity contribution in [2.75, 3.05) is 13.1 Å². The third-order valence-corrected chi connectivity index (χ3v) is 4.54. The Hall–Kier alpha value is -1.22. The normalized spacial score (nSPS) is 12.4. The van der Waals surface area contributed by atoms with E-state index < -0.39 is 0 Å². The van der Waals surface area contributed by atoms with Crippen molar-refractivity contribution in [2.24, 2.45) is 4.99 Å². The SMILES string of the molecule is CCNC(=NCc1nc(C)c(C)o1)NCC(C)Sc1ccccc1.I. The molecule has 0 aliphatic heterocycles. The first kappa shape index (κ1) is 21.8.